The van der Waals surface area contributed by atoms with Gasteiger partial charge in [-0.1, -0.05) is 77.8 Å². The first kappa shape index (κ1) is 30.4. The standard InChI is InChI=1S/C34H39Cl2N3O3S/c1-43(41,42)39-25-33(28-11-5-6-12-31(28)39)17-21-37(22-18-33)19-7-15-34(27-13-14-29(35)30(36)23-27)16-8-20-38(32(34)40)24-26-9-3-2-4-10-26/h2-6,9-14,23H,7-8,15-22,24-25H2,1H3. The SMILES string of the molecule is CS(=O)(=O)N1CC2(CCN(CCCC3(c4ccc(Cl)c(Cl)c4)CCCN(Cc4ccccc4)C3=O)CC2)c2ccccc21. The Hall–Kier alpha value is -2.58. The van der Waals surface area contributed by atoms with E-state index < -0.39 is 15.4 Å². The van der Waals surface area contributed by atoms with Gasteiger partial charge in [0.1, 0.15) is 0 Å². The summed E-state index contributed by atoms with van der Waals surface area (Å²) >= 11 is 12.8. The maximum absolute atomic E-state index is 14.3. The second kappa shape index (κ2) is 12.1. The third-order valence-corrected chi connectivity index (χ3v) is 11.8. The number of likely N-dealkylation sites (tertiary alicyclic amines) is 2. The average molecular weight is 641 g/mol. The van der Waals surface area contributed by atoms with E-state index in [1.54, 1.807) is 4.31 Å². The number of piperidine rings is 2. The Kier molecular flexibility index (Phi) is 8.55. The van der Waals surface area contributed by atoms with Gasteiger partial charge < -0.3 is 9.80 Å². The number of nitrogens with zero attached hydrogens (tertiary/aromatic N) is 3. The van der Waals surface area contributed by atoms with Gasteiger partial charge in [-0.05, 0) is 93.0 Å². The number of anilines is 1. The summed E-state index contributed by atoms with van der Waals surface area (Å²) in [7, 11) is -3.33. The molecule has 9 heteroatoms. The Balaban J connectivity index is 1.16. The van der Waals surface area contributed by atoms with E-state index in [1.165, 1.54) is 6.26 Å². The third-order valence-electron chi connectivity index (χ3n) is 9.90. The van der Waals surface area contributed by atoms with Gasteiger partial charge in [0.15, 0.2) is 0 Å². The van der Waals surface area contributed by atoms with Crippen molar-refractivity contribution in [3.63, 3.8) is 0 Å². The van der Waals surface area contributed by atoms with E-state index in [0.717, 1.165) is 87.1 Å². The molecule has 0 saturated carbocycles. The zero-order valence-electron chi connectivity index (χ0n) is 24.6. The Morgan fingerprint density at radius 3 is 2.30 bits per heavy atom. The number of carbonyl (C=O) groups is 1. The smallest absolute Gasteiger partial charge is 0.233 e. The van der Waals surface area contributed by atoms with Crippen LogP contribution in [0.15, 0.2) is 72.8 Å². The topological polar surface area (TPSA) is 60.9 Å². The molecule has 228 valence electrons. The van der Waals surface area contributed by atoms with Crippen molar-refractivity contribution in [3.05, 3.63) is 99.5 Å². The molecule has 3 aliphatic heterocycles. The van der Waals surface area contributed by atoms with Crippen molar-refractivity contribution >= 4 is 44.8 Å². The first-order valence-corrected chi connectivity index (χ1v) is 17.8. The van der Waals surface area contributed by atoms with E-state index in [4.69, 9.17) is 23.2 Å². The molecule has 1 spiro atoms. The Morgan fingerprint density at radius 1 is 0.860 bits per heavy atom. The predicted molar refractivity (Wildman–Crippen MR) is 174 cm³/mol. The van der Waals surface area contributed by atoms with Gasteiger partial charge in [0.05, 0.1) is 27.4 Å². The van der Waals surface area contributed by atoms with Crippen molar-refractivity contribution in [2.45, 2.75) is 55.9 Å². The molecular formula is C34H39Cl2N3O3S. The lowest BCUT2D eigenvalue weighted by Crippen LogP contribution is -2.51. The third kappa shape index (κ3) is 5.94. The van der Waals surface area contributed by atoms with Crippen molar-refractivity contribution in [3.8, 4) is 0 Å². The Labute approximate surface area is 265 Å². The van der Waals surface area contributed by atoms with Crippen LogP contribution in [0.1, 0.15) is 55.2 Å². The molecule has 1 unspecified atom stereocenters. The number of benzene rings is 3. The van der Waals surface area contributed by atoms with Crippen LogP contribution in [0.25, 0.3) is 0 Å². The molecule has 3 aliphatic rings. The lowest BCUT2D eigenvalue weighted by molar-refractivity contribution is -0.142. The lowest BCUT2D eigenvalue weighted by Gasteiger charge is -2.43. The van der Waals surface area contributed by atoms with Crippen molar-refractivity contribution in [2.75, 3.05) is 43.3 Å². The van der Waals surface area contributed by atoms with Crippen LogP contribution in [-0.4, -0.2) is 63.1 Å². The number of sulfonamides is 1. The van der Waals surface area contributed by atoms with Gasteiger partial charge in [-0.25, -0.2) is 8.42 Å². The van der Waals surface area contributed by atoms with E-state index in [0.29, 0.717) is 23.1 Å². The number of halogens is 2. The van der Waals surface area contributed by atoms with Crippen LogP contribution in [0.2, 0.25) is 10.0 Å². The molecule has 2 saturated heterocycles. The molecule has 3 aromatic rings. The molecule has 0 aliphatic carbocycles. The number of fused-ring (bicyclic) bond motifs is 2. The van der Waals surface area contributed by atoms with Gasteiger partial charge in [-0.2, -0.15) is 0 Å². The van der Waals surface area contributed by atoms with Crippen LogP contribution in [-0.2, 0) is 32.2 Å². The molecule has 3 aromatic carbocycles. The molecule has 0 bridgehead atoms. The fraction of sp³-hybridized carbons (Fsp3) is 0.441. The predicted octanol–water partition coefficient (Wildman–Crippen LogP) is 6.65. The summed E-state index contributed by atoms with van der Waals surface area (Å²) in [6.07, 6.45) is 6.47. The van der Waals surface area contributed by atoms with Crippen LogP contribution in [0.3, 0.4) is 0 Å². The molecular weight excluding hydrogens is 601 g/mol. The van der Waals surface area contributed by atoms with E-state index in [2.05, 4.69) is 23.1 Å². The summed E-state index contributed by atoms with van der Waals surface area (Å²) in [5, 5.41) is 0.975. The van der Waals surface area contributed by atoms with Crippen LogP contribution >= 0.6 is 23.2 Å². The molecule has 6 nitrogen and oxygen atoms in total. The van der Waals surface area contributed by atoms with Crippen LogP contribution in [0.4, 0.5) is 5.69 Å². The first-order chi connectivity index (χ1) is 20.6. The average Bonchev–Trinajstić information content (AvgIpc) is 3.32. The number of carbonyl (C=O) groups excluding carboxylic acids is 1. The quantitative estimate of drug-likeness (QED) is 0.277. The van der Waals surface area contributed by atoms with Crippen molar-refractivity contribution < 1.29 is 13.2 Å². The Bertz CT molecular complexity index is 1590. The largest absolute Gasteiger partial charge is 0.338 e. The summed E-state index contributed by atoms with van der Waals surface area (Å²) in [5.41, 5.74) is 3.28. The number of amides is 1. The van der Waals surface area contributed by atoms with Gasteiger partial charge >= 0.3 is 0 Å². The van der Waals surface area contributed by atoms with Crippen molar-refractivity contribution in [2.24, 2.45) is 0 Å². The highest BCUT2D eigenvalue weighted by Gasteiger charge is 2.48. The van der Waals surface area contributed by atoms with Gasteiger partial charge in [0.25, 0.3) is 0 Å². The maximum atomic E-state index is 14.3. The van der Waals surface area contributed by atoms with Gasteiger partial charge in [0, 0.05) is 25.0 Å². The second-order valence-electron chi connectivity index (χ2n) is 12.5. The van der Waals surface area contributed by atoms with E-state index in [9.17, 15) is 13.2 Å². The van der Waals surface area contributed by atoms with Gasteiger partial charge in [0.2, 0.25) is 15.9 Å². The van der Waals surface area contributed by atoms with Gasteiger partial charge in [-0.15, -0.1) is 0 Å². The fourth-order valence-corrected chi connectivity index (χ4v) is 8.89. The monoisotopic (exact) mass is 639 g/mol. The molecule has 0 aromatic heterocycles. The summed E-state index contributed by atoms with van der Waals surface area (Å²) in [6, 6.07) is 23.8. The molecule has 0 N–H and O–H groups in total. The van der Waals surface area contributed by atoms with Crippen LogP contribution in [0, 0.1) is 0 Å². The van der Waals surface area contributed by atoms with E-state index in [1.807, 2.05) is 59.5 Å². The summed E-state index contributed by atoms with van der Waals surface area (Å²) in [4.78, 5) is 18.8. The van der Waals surface area contributed by atoms with Crippen molar-refractivity contribution in [1.29, 1.82) is 0 Å². The highest BCUT2D eigenvalue weighted by atomic mass is 35.5. The lowest BCUT2D eigenvalue weighted by atomic mass is 9.70. The second-order valence-corrected chi connectivity index (χ2v) is 15.3. The van der Waals surface area contributed by atoms with Crippen LogP contribution in [0.5, 0.6) is 0 Å². The highest BCUT2D eigenvalue weighted by Crippen LogP contribution is 2.48. The molecule has 6 rings (SSSR count). The zero-order valence-corrected chi connectivity index (χ0v) is 27.0. The number of rotatable bonds is 8. The number of hydrogen-bond acceptors (Lipinski definition) is 4. The number of para-hydroxylation sites is 1. The molecule has 2 fully saturated rings. The Morgan fingerprint density at radius 2 is 1.58 bits per heavy atom. The molecule has 0 radical (unpaired) electrons. The fourth-order valence-electron chi connectivity index (χ4n) is 7.59. The zero-order chi connectivity index (χ0) is 30.2. The molecule has 1 amide bonds. The summed E-state index contributed by atoms with van der Waals surface area (Å²) < 4.78 is 26.8. The maximum Gasteiger partial charge on any atom is 0.233 e. The first-order valence-electron chi connectivity index (χ1n) is 15.2. The van der Waals surface area contributed by atoms with Crippen molar-refractivity contribution in [1.82, 2.24) is 9.80 Å². The molecule has 3 heterocycles. The number of hydrogen-bond donors (Lipinski definition) is 0. The normalized spacial score (nSPS) is 22.3. The van der Waals surface area contributed by atoms with E-state index in [-0.39, 0.29) is 11.3 Å². The highest BCUT2D eigenvalue weighted by molar-refractivity contribution is 7.92. The van der Waals surface area contributed by atoms with E-state index >= 15 is 0 Å². The summed E-state index contributed by atoms with van der Waals surface area (Å²) in [6.45, 7) is 4.56. The molecule has 1 atom stereocenters. The minimum atomic E-state index is -3.33. The minimum Gasteiger partial charge on any atom is -0.338 e. The van der Waals surface area contributed by atoms with Crippen LogP contribution < -0.4 is 4.31 Å². The minimum absolute atomic E-state index is 0.144. The molecule has 43 heavy (non-hydrogen) atoms. The summed E-state index contributed by atoms with van der Waals surface area (Å²) in [5.74, 6) is 0.169. The van der Waals surface area contributed by atoms with Gasteiger partial charge in [-0.3, -0.25) is 9.10 Å².